The molecule has 2 amide bonds. The third kappa shape index (κ3) is 5.52. The molecule has 26 heavy (non-hydrogen) atoms. The molecule has 5 nitrogen and oxygen atoms in total. The van der Waals surface area contributed by atoms with Gasteiger partial charge in [-0.25, -0.2) is 0 Å². The van der Waals surface area contributed by atoms with E-state index in [1.165, 1.54) is 37.4 Å². The summed E-state index contributed by atoms with van der Waals surface area (Å²) >= 11 is 1.48. The van der Waals surface area contributed by atoms with Gasteiger partial charge in [-0.1, -0.05) is 19.3 Å². The van der Waals surface area contributed by atoms with E-state index in [1.54, 1.807) is 0 Å². The zero-order valence-corrected chi connectivity index (χ0v) is 17.6. The van der Waals surface area contributed by atoms with Crippen molar-refractivity contribution in [2.45, 2.75) is 57.4 Å². The van der Waals surface area contributed by atoms with Crippen molar-refractivity contribution >= 4 is 36.0 Å². The van der Waals surface area contributed by atoms with Gasteiger partial charge < -0.3 is 15.1 Å². The molecule has 1 aliphatic carbocycles. The molecule has 1 spiro atoms. The second kappa shape index (κ2) is 10.2. The summed E-state index contributed by atoms with van der Waals surface area (Å²) in [6.07, 6.45) is 9.55. The number of thioether (sulfide) groups is 1. The number of rotatable bonds is 5. The fourth-order valence-electron chi connectivity index (χ4n) is 4.54. The van der Waals surface area contributed by atoms with Crippen LogP contribution in [0.3, 0.4) is 0 Å². The molecule has 2 heterocycles. The molecule has 0 atom stereocenters. The smallest absolute Gasteiger partial charge is 0.232 e. The van der Waals surface area contributed by atoms with Gasteiger partial charge in [-0.05, 0) is 44.1 Å². The van der Waals surface area contributed by atoms with Crippen LogP contribution in [0.1, 0.15) is 51.4 Å². The molecule has 150 valence electrons. The number of amides is 2. The van der Waals surface area contributed by atoms with Crippen LogP contribution in [0.25, 0.3) is 0 Å². The van der Waals surface area contributed by atoms with Crippen LogP contribution < -0.4 is 5.32 Å². The highest BCUT2D eigenvalue weighted by molar-refractivity contribution is 8.00. The van der Waals surface area contributed by atoms with E-state index in [-0.39, 0.29) is 24.2 Å². The SMILES string of the molecule is CN(C(=O)CSCC(=O)N1CCC2(CCNC2)CC1)C1CCCCC1.Cl. The second-order valence-electron chi connectivity index (χ2n) is 8.10. The first-order valence-electron chi connectivity index (χ1n) is 9.92. The Morgan fingerprint density at radius 3 is 2.42 bits per heavy atom. The summed E-state index contributed by atoms with van der Waals surface area (Å²) in [5, 5.41) is 3.46. The number of hydrogen-bond acceptors (Lipinski definition) is 4. The van der Waals surface area contributed by atoms with Gasteiger partial charge in [0.2, 0.25) is 11.8 Å². The number of halogens is 1. The predicted octanol–water partition coefficient (Wildman–Crippen LogP) is 2.53. The predicted molar refractivity (Wildman–Crippen MR) is 110 cm³/mol. The van der Waals surface area contributed by atoms with Crippen LogP contribution in [0.4, 0.5) is 0 Å². The minimum atomic E-state index is 0. The number of carbonyl (C=O) groups is 2. The van der Waals surface area contributed by atoms with Crippen LogP contribution in [0, 0.1) is 5.41 Å². The first kappa shape index (κ1) is 21.8. The lowest BCUT2D eigenvalue weighted by atomic mass is 9.78. The fraction of sp³-hybridized carbons (Fsp3) is 0.895. The Bertz CT molecular complexity index is 469. The minimum absolute atomic E-state index is 0. The molecular formula is C19H34ClN3O2S. The van der Waals surface area contributed by atoms with Crippen LogP contribution in [-0.4, -0.2) is 72.4 Å². The highest BCUT2D eigenvalue weighted by Crippen LogP contribution is 2.37. The van der Waals surface area contributed by atoms with Crippen molar-refractivity contribution in [3.8, 4) is 0 Å². The quantitative estimate of drug-likeness (QED) is 0.766. The molecule has 0 unspecified atom stereocenters. The van der Waals surface area contributed by atoms with E-state index < -0.39 is 0 Å². The lowest BCUT2D eigenvalue weighted by molar-refractivity contribution is -0.130. The summed E-state index contributed by atoms with van der Waals surface area (Å²) < 4.78 is 0. The molecule has 2 saturated heterocycles. The molecule has 0 bridgehead atoms. The Kier molecular flexibility index (Phi) is 8.55. The highest BCUT2D eigenvalue weighted by atomic mass is 35.5. The van der Waals surface area contributed by atoms with E-state index in [1.807, 2.05) is 16.8 Å². The lowest BCUT2D eigenvalue weighted by Crippen LogP contribution is -2.44. The van der Waals surface area contributed by atoms with Crippen LogP contribution in [0.5, 0.6) is 0 Å². The molecule has 2 aliphatic heterocycles. The largest absolute Gasteiger partial charge is 0.342 e. The van der Waals surface area contributed by atoms with Gasteiger partial charge >= 0.3 is 0 Å². The topological polar surface area (TPSA) is 52.7 Å². The second-order valence-corrected chi connectivity index (χ2v) is 9.08. The monoisotopic (exact) mass is 403 g/mol. The summed E-state index contributed by atoms with van der Waals surface area (Å²) in [6, 6.07) is 0.413. The van der Waals surface area contributed by atoms with Crippen LogP contribution in [0.15, 0.2) is 0 Å². The lowest BCUT2D eigenvalue weighted by Gasteiger charge is -2.38. The summed E-state index contributed by atoms with van der Waals surface area (Å²) in [5.74, 6) is 1.26. The van der Waals surface area contributed by atoms with E-state index in [0.717, 1.165) is 51.9 Å². The molecule has 3 rings (SSSR count). The Hall–Kier alpha value is -0.460. The first-order valence-corrected chi connectivity index (χ1v) is 11.1. The maximum Gasteiger partial charge on any atom is 0.232 e. The van der Waals surface area contributed by atoms with Gasteiger partial charge in [0.15, 0.2) is 0 Å². The molecule has 0 aromatic carbocycles. The number of piperidine rings is 1. The van der Waals surface area contributed by atoms with Gasteiger partial charge in [0.25, 0.3) is 0 Å². The number of likely N-dealkylation sites (tertiary alicyclic amines) is 1. The third-order valence-electron chi connectivity index (χ3n) is 6.48. The van der Waals surface area contributed by atoms with Crippen LogP contribution in [0.2, 0.25) is 0 Å². The minimum Gasteiger partial charge on any atom is -0.342 e. The first-order chi connectivity index (χ1) is 12.1. The van der Waals surface area contributed by atoms with Crippen LogP contribution >= 0.6 is 24.2 Å². The van der Waals surface area contributed by atoms with Crippen molar-refractivity contribution < 1.29 is 9.59 Å². The van der Waals surface area contributed by atoms with Crippen LogP contribution in [-0.2, 0) is 9.59 Å². The molecule has 0 radical (unpaired) electrons. The molecule has 1 N–H and O–H groups in total. The Morgan fingerprint density at radius 1 is 1.12 bits per heavy atom. The average Bonchev–Trinajstić information content (AvgIpc) is 3.10. The van der Waals surface area contributed by atoms with Gasteiger partial charge in [0.05, 0.1) is 11.5 Å². The van der Waals surface area contributed by atoms with E-state index in [9.17, 15) is 9.59 Å². The molecule has 3 aliphatic rings. The summed E-state index contributed by atoms with van der Waals surface area (Å²) in [4.78, 5) is 28.7. The maximum absolute atomic E-state index is 12.4. The summed E-state index contributed by atoms with van der Waals surface area (Å²) in [7, 11) is 1.93. The Balaban J connectivity index is 0.00000243. The number of nitrogens with zero attached hydrogens (tertiary/aromatic N) is 2. The number of carbonyl (C=O) groups excluding carboxylic acids is 2. The van der Waals surface area contributed by atoms with Crippen molar-refractivity contribution in [3.63, 3.8) is 0 Å². The van der Waals surface area contributed by atoms with Crippen molar-refractivity contribution in [2.24, 2.45) is 5.41 Å². The Morgan fingerprint density at radius 2 is 1.81 bits per heavy atom. The number of nitrogens with one attached hydrogen (secondary N) is 1. The number of hydrogen-bond donors (Lipinski definition) is 1. The maximum atomic E-state index is 12.4. The van der Waals surface area contributed by atoms with Crippen molar-refractivity contribution in [3.05, 3.63) is 0 Å². The summed E-state index contributed by atoms with van der Waals surface area (Å²) in [5.41, 5.74) is 0.447. The molecule has 1 saturated carbocycles. The average molecular weight is 404 g/mol. The molecule has 0 aromatic heterocycles. The Labute approximate surface area is 168 Å². The van der Waals surface area contributed by atoms with Crippen molar-refractivity contribution in [1.82, 2.24) is 15.1 Å². The zero-order valence-electron chi connectivity index (χ0n) is 16.0. The summed E-state index contributed by atoms with van der Waals surface area (Å²) in [6.45, 7) is 4.01. The zero-order chi connectivity index (χ0) is 17.7. The van der Waals surface area contributed by atoms with Crippen molar-refractivity contribution in [2.75, 3.05) is 44.7 Å². The normalized spacial score (nSPS) is 22.9. The van der Waals surface area contributed by atoms with E-state index in [2.05, 4.69) is 5.32 Å². The standard InChI is InChI=1S/C19H33N3O2S.ClH/c1-21(16-5-3-2-4-6-16)17(23)13-25-14-18(24)22-11-8-19(9-12-22)7-10-20-15-19;/h16,20H,2-15H2,1H3;1H. The fourth-order valence-corrected chi connectivity index (χ4v) is 5.38. The molecular weight excluding hydrogens is 370 g/mol. The van der Waals surface area contributed by atoms with Gasteiger partial charge in [-0.15, -0.1) is 24.2 Å². The van der Waals surface area contributed by atoms with E-state index in [0.29, 0.717) is 23.0 Å². The van der Waals surface area contributed by atoms with E-state index >= 15 is 0 Å². The molecule has 0 aromatic rings. The van der Waals surface area contributed by atoms with Gasteiger partial charge in [0, 0.05) is 32.7 Å². The van der Waals surface area contributed by atoms with Gasteiger partial charge in [-0.3, -0.25) is 9.59 Å². The highest BCUT2D eigenvalue weighted by Gasteiger charge is 2.37. The molecule has 7 heteroatoms. The van der Waals surface area contributed by atoms with E-state index in [4.69, 9.17) is 0 Å². The van der Waals surface area contributed by atoms with Gasteiger partial charge in [0.1, 0.15) is 0 Å². The van der Waals surface area contributed by atoms with Crippen molar-refractivity contribution in [1.29, 1.82) is 0 Å². The molecule has 3 fully saturated rings. The third-order valence-corrected chi connectivity index (χ3v) is 7.38. The van der Waals surface area contributed by atoms with Gasteiger partial charge in [-0.2, -0.15) is 0 Å².